The molecule has 0 bridgehead atoms. The van der Waals surface area contributed by atoms with Crippen LogP contribution in [0, 0.1) is 0 Å². The van der Waals surface area contributed by atoms with Crippen LogP contribution in [-0.4, -0.2) is 31.7 Å². The van der Waals surface area contributed by atoms with Crippen molar-refractivity contribution in [2.75, 3.05) is 18.6 Å². The molecule has 0 saturated carbocycles. The van der Waals surface area contributed by atoms with E-state index in [2.05, 4.69) is 10.5 Å². The average Bonchev–Trinajstić information content (AvgIpc) is 3.16. The molecule has 0 unspecified atom stereocenters. The van der Waals surface area contributed by atoms with Crippen LogP contribution in [0.15, 0.2) is 84.0 Å². The molecule has 7 nitrogen and oxygen atoms in total. The molecule has 2 amide bonds. The van der Waals surface area contributed by atoms with Gasteiger partial charge in [0.05, 0.1) is 19.0 Å². The molecule has 1 heterocycles. The van der Waals surface area contributed by atoms with E-state index in [9.17, 15) is 9.59 Å². The molecule has 1 aliphatic heterocycles. The summed E-state index contributed by atoms with van der Waals surface area (Å²) in [6, 6.07) is 24.0. The van der Waals surface area contributed by atoms with E-state index in [0.717, 1.165) is 22.0 Å². The zero-order chi connectivity index (χ0) is 25.1. The van der Waals surface area contributed by atoms with Crippen LogP contribution in [0.4, 0.5) is 5.69 Å². The maximum atomic E-state index is 12.8. The third kappa shape index (κ3) is 4.74. The van der Waals surface area contributed by atoms with Crippen LogP contribution in [0.3, 0.4) is 0 Å². The summed E-state index contributed by atoms with van der Waals surface area (Å²) in [6.45, 7) is 0.231. The van der Waals surface area contributed by atoms with Crippen LogP contribution < -0.4 is 19.8 Å². The molecule has 0 radical (unpaired) electrons. The Morgan fingerprint density at radius 1 is 1.03 bits per heavy atom. The monoisotopic (exact) mass is 499 g/mol. The summed E-state index contributed by atoms with van der Waals surface area (Å²) in [7, 11) is 1.55. The van der Waals surface area contributed by atoms with Gasteiger partial charge in [0, 0.05) is 16.0 Å². The second kappa shape index (κ2) is 10.1. The van der Waals surface area contributed by atoms with E-state index in [0.29, 0.717) is 34.3 Å². The van der Waals surface area contributed by atoms with Crippen molar-refractivity contribution in [2.45, 2.75) is 6.61 Å². The second-order valence-electron chi connectivity index (χ2n) is 8.19. The van der Waals surface area contributed by atoms with Gasteiger partial charge in [-0.05, 0) is 59.0 Å². The van der Waals surface area contributed by atoms with Gasteiger partial charge in [-0.3, -0.25) is 14.5 Å². The number of nitrogens with zero attached hydrogens (tertiary/aromatic N) is 2. The van der Waals surface area contributed by atoms with Crippen molar-refractivity contribution in [3.05, 3.63) is 101 Å². The van der Waals surface area contributed by atoms with Gasteiger partial charge in [0.2, 0.25) is 0 Å². The fraction of sp³-hybridized carbons (Fsp3) is 0.107. The summed E-state index contributed by atoms with van der Waals surface area (Å²) >= 11 is 5.92. The fourth-order valence-electron chi connectivity index (χ4n) is 4.12. The number of ether oxygens (including phenoxy) is 2. The second-order valence-corrected chi connectivity index (χ2v) is 8.63. The summed E-state index contributed by atoms with van der Waals surface area (Å²) in [5, 5.41) is 6.54. The molecule has 0 aromatic heterocycles. The number of rotatable bonds is 8. The summed E-state index contributed by atoms with van der Waals surface area (Å²) < 4.78 is 11.3. The minimum Gasteiger partial charge on any atom is -0.493 e. The highest BCUT2D eigenvalue weighted by Gasteiger charge is 2.30. The van der Waals surface area contributed by atoms with Crippen LogP contribution in [0.1, 0.15) is 21.5 Å². The highest BCUT2D eigenvalue weighted by molar-refractivity contribution is 6.30. The maximum Gasteiger partial charge on any atom is 0.260 e. The molecule has 180 valence electrons. The van der Waals surface area contributed by atoms with Crippen LogP contribution in [0.2, 0.25) is 5.02 Å². The predicted molar refractivity (Wildman–Crippen MR) is 140 cm³/mol. The van der Waals surface area contributed by atoms with Gasteiger partial charge in [-0.25, -0.2) is 5.43 Å². The van der Waals surface area contributed by atoms with E-state index >= 15 is 0 Å². The molecule has 0 atom stereocenters. The zero-order valence-corrected chi connectivity index (χ0v) is 20.2. The number of hydrazone groups is 1. The molecule has 36 heavy (non-hydrogen) atoms. The molecule has 0 saturated heterocycles. The lowest BCUT2D eigenvalue weighted by atomic mass is 10.1. The van der Waals surface area contributed by atoms with Crippen LogP contribution in [-0.2, 0) is 11.4 Å². The maximum absolute atomic E-state index is 12.8. The third-order valence-electron chi connectivity index (χ3n) is 5.85. The number of hydrogen-bond donors (Lipinski definition) is 1. The predicted octanol–water partition coefficient (Wildman–Crippen LogP) is 5.19. The van der Waals surface area contributed by atoms with Crippen molar-refractivity contribution in [2.24, 2.45) is 5.10 Å². The first-order chi connectivity index (χ1) is 17.5. The first-order valence-electron chi connectivity index (χ1n) is 11.2. The van der Waals surface area contributed by atoms with Gasteiger partial charge in [-0.1, -0.05) is 48.0 Å². The summed E-state index contributed by atoms with van der Waals surface area (Å²) in [6.07, 6.45) is 1.50. The van der Waals surface area contributed by atoms with Gasteiger partial charge in [-0.15, -0.1) is 0 Å². The van der Waals surface area contributed by atoms with Crippen LogP contribution in [0.5, 0.6) is 11.5 Å². The van der Waals surface area contributed by atoms with Gasteiger partial charge < -0.3 is 9.47 Å². The molecular weight excluding hydrogens is 478 g/mol. The Morgan fingerprint density at radius 2 is 1.81 bits per heavy atom. The Hall–Kier alpha value is -4.36. The number of amides is 2. The molecule has 5 rings (SSSR count). The van der Waals surface area contributed by atoms with Gasteiger partial charge in [-0.2, -0.15) is 5.10 Å². The van der Waals surface area contributed by atoms with Crippen molar-refractivity contribution in [3.8, 4) is 11.5 Å². The van der Waals surface area contributed by atoms with Crippen molar-refractivity contribution in [1.29, 1.82) is 0 Å². The molecule has 4 aromatic carbocycles. The number of anilines is 1. The Bertz CT molecular complexity index is 1480. The Labute approximate surface area is 212 Å². The lowest BCUT2D eigenvalue weighted by Gasteiger charge is -2.16. The fourth-order valence-corrected chi connectivity index (χ4v) is 4.25. The smallest absolute Gasteiger partial charge is 0.260 e. The van der Waals surface area contributed by atoms with E-state index in [1.807, 2.05) is 54.6 Å². The summed E-state index contributed by atoms with van der Waals surface area (Å²) in [5.41, 5.74) is 5.51. The number of methoxy groups -OCH3 is 1. The molecular formula is C28H22ClN3O4. The van der Waals surface area contributed by atoms with Crippen molar-refractivity contribution < 1.29 is 19.1 Å². The van der Waals surface area contributed by atoms with Crippen molar-refractivity contribution in [3.63, 3.8) is 0 Å². The van der Waals surface area contributed by atoms with Crippen LogP contribution in [0.25, 0.3) is 10.8 Å². The lowest BCUT2D eigenvalue weighted by Crippen LogP contribution is -2.37. The number of nitrogens with one attached hydrogen (secondary N) is 1. The Morgan fingerprint density at radius 3 is 2.58 bits per heavy atom. The minimum absolute atomic E-state index is 0.134. The topological polar surface area (TPSA) is 80.2 Å². The number of carbonyl (C=O) groups is 2. The van der Waals surface area contributed by atoms with E-state index in [4.69, 9.17) is 21.1 Å². The summed E-state index contributed by atoms with van der Waals surface area (Å²) in [4.78, 5) is 26.9. The van der Waals surface area contributed by atoms with E-state index in [1.54, 1.807) is 31.4 Å². The average molecular weight is 500 g/mol. The molecule has 4 aromatic rings. The van der Waals surface area contributed by atoms with Gasteiger partial charge in [0.25, 0.3) is 11.8 Å². The van der Waals surface area contributed by atoms with Gasteiger partial charge in [0.15, 0.2) is 11.5 Å². The van der Waals surface area contributed by atoms with Crippen molar-refractivity contribution >= 4 is 46.1 Å². The number of carbonyl (C=O) groups excluding carboxylic acids is 2. The molecule has 1 N–H and O–H groups in total. The van der Waals surface area contributed by atoms with E-state index in [1.165, 1.54) is 11.1 Å². The Balaban J connectivity index is 1.21. The lowest BCUT2D eigenvalue weighted by molar-refractivity contribution is -0.119. The van der Waals surface area contributed by atoms with Gasteiger partial charge >= 0.3 is 0 Å². The molecule has 0 spiro atoms. The molecule has 8 heteroatoms. The normalized spacial score (nSPS) is 12.4. The minimum atomic E-state index is -0.403. The SMILES string of the molecule is COc1cc(/C=N\NC(=O)CN2C(=O)c3cccc4cccc2c34)ccc1OCc1ccc(Cl)cc1. The third-order valence-corrected chi connectivity index (χ3v) is 6.10. The number of hydrogen-bond acceptors (Lipinski definition) is 5. The molecule has 0 fully saturated rings. The highest BCUT2D eigenvalue weighted by atomic mass is 35.5. The highest BCUT2D eigenvalue weighted by Crippen LogP contribution is 2.36. The zero-order valence-electron chi connectivity index (χ0n) is 19.4. The summed E-state index contributed by atoms with van der Waals surface area (Å²) in [5.74, 6) is 0.516. The first-order valence-corrected chi connectivity index (χ1v) is 11.6. The van der Waals surface area contributed by atoms with E-state index in [-0.39, 0.29) is 12.5 Å². The largest absolute Gasteiger partial charge is 0.493 e. The first kappa shape index (κ1) is 23.4. The molecule has 0 aliphatic carbocycles. The van der Waals surface area contributed by atoms with Crippen LogP contribution >= 0.6 is 11.6 Å². The number of benzene rings is 4. The van der Waals surface area contributed by atoms with Gasteiger partial charge in [0.1, 0.15) is 13.2 Å². The standard InChI is InChI=1S/C28H22ClN3O4/c1-35-25-14-19(10-13-24(25)36-17-18-8-11-21(29)12-9-18)15-30-31-26(33)16-32-23-7-3-5-20-4-2-6-22(27(20)23)28(32)34/h2-15H,16-17H2,1H3,(H,31,33)/b30-15-. The van der Waals surface area contributed by atoms with E-state index < -0.39 is 5.91 Å². The number of halogens is 1. The quantitative estimate of drug-likeness (QED) is 0.267. The Kier molecular flexibility index (Phi) is 6.56. The van der Waals surface area contributed by atoms with Crippen molar-refractivity contribution in [1.82, 2.24) is 5.43 Å². The molecule has 1 aliphatic rings.